The van der Waals surface area contributed by atoms with E-state index in [0.29, 0.717) is 19.4 Å². The van der Waals surface area contributed by atoms with Crippen LogP contribution in [-0.2, 0) is 14.8 Å². The highest BCUT2D eigenvalue weighted by atomic mass is 32.2. The number of carbonyl (C=O) groups is 1. The van der Waals surface area contributed by atoms with Crippen LogP contribution in [-0.4, -0.2) is 37.4 Å². The smallest absolute Gasteiger partial charge is 0.244 e. The number of aryl methyl sites for hydroxylation is 2. The quantitative estimate of drug-likeness (QED) is 0.596. The Labute approximate surface area is 170 Å². The molecule has 0 aliphatic carbocycles. The molecule has 0 spiro atoms. The van der Waals surface area contributed by atoms with E-state index in [2.05, 4.69) is 10.5 Å². The lowest BCUT2D eigenvalue weighted by molar-refractivity contribution is -0.126. The lowest BCUT2D eigenvalue weighted by Gasteiger charge is -2.30. The predicted octanol–water partition coefficient (Wildman–Crippen LogP) is 3.31. The Balaban J connectivity index is 1.67. The van der Waals surface area contributed by atoms with Gasteiger partial charge in [0.25, 0.3) is 0 Å². The highest BCUT2D eigenvalue weighted by molar-refractivity contribution is 7.89. The first-order chi connectivity index (χ1) is 13.3. The largest absolute Gasteiger partial charge is 0.273 e. The zero-order valence-electron chi connectivity index (χ0n) is 16.3. The van der Waals surface area contributed by atoms with Crippen LogP contribution in [0.2, 0.25) is 0 Å². The van der Waals surface area contributed by atoms with E-state index in [0.717, 1.165) is 16.2 Å². The summed E-state index contributed by atoms with van der Waals surface area (Å²) in [6, 6.07) is 10.8. The van der Waals surface area contributed by atoms with Crippen LogP contribution in [0.4, 0.5) is 0 Å². The molecular weight excluding hydrogens is 394 g/mol. The molecule has 1 amide bonds. The topological polar surface area (TPSA) is 78.8 Å². The number of rotatable bonds is 5. The summed E-state index contributed by atoms with van der Waals surface area (Å²) in [4.78, 5) is 15.0. The summed E-state index contributed by atoms with van der Waals surface area (Å²) in [6.45, 7) is 6.38. The average Bonchev–Trinajstić information content (AvgIpc) is 3.13. The second-order valence-corrected chi connectivity index (χ2v) is 10.3. The molecule has 1 saturated heterocycles. The first kappa shape index (κ1) is 20.7. The Kier molecular flexibility index (Phi) is 6.32. The van der Waals surface area contributed by atoms with Gasteiger partial charge in [0.05, 0.1) is 21.4 Å². The first-order valence-electron chi connectivity index (χ1n) is 9.25. The molecular formula is C20H25N3O3S2. The molecule has 1 aliphatic heterocycles. The number of thiophene rings is 1. The van der Waals surface area contributed by atoms with Crippen molar-refractivity contribution in [2.45, 2.75) is 38.5 Å². The van der Waals surface area contributed by atoms with Gasteiger partial charge in [-0.05, 0) is 57.9 Å². The fourth-order valence-electron chi connectivity index (χ4n) is 3.15. The number of nitrogens with zero attached hydrogens (tertiary/aromatic N) is 2. The maximum absolute atomic E-state index is 12.9. The Morgan fingerprint density at radius 2 is 1.89 bits per heavy atom. The van der Waals surface area contributed by atoms with Gasteiger partial charge >= 0.3 is 0 Å². The number of hydrogen-bond donors (Lipinski definition) is 1. The van der Waals surface area contributed by atoms with Crippen molar-refractivity contribution in [3.63, 3.8) is 0 Å². The highest BCUT2D eigenvalue weighted by Gasteiger charge is 2.33. The maximum Gasteiger partial charge on any atom is 0.244 e. The van der Waals surface area contributed by atoms with Crippen LogP contribution in [0.5, 0.6) is 0 Å². The molecule has 3 rings (SSSR count). The highest BCUT2D eigenvalue weighted by Crippen LogP contribution is 2.24. The summed E-state index contributed by atoms with van der Waals surface area (Å²) in [7, 11) is -3.60. The van der Waals surface area contributed by atoms with Gasteiger partial charge in [0, 0.05) is 18.0 Å². The molecule has 1 N–H and O–H groups in total. The van der Waals surface area contributed by atoms with Gasteiger partial charge in [0.2, 0.25) is 15.9 Å². The van der Waals surface area contributed by atoms with E-state index in [1.54, 1.807) is 35.6 Å². The predicted molar refractivity (Wildman–Crippen MR) is 112 cm³/mol. The molecule has 0 radical (unpaired) electrons. The second-order valence-electron chi connectivity index (χ2n) is 7.10. The van der Waals surface area contributed by atoms with Crippen molar-refractivity contribution in [2.24, 2.45) is 11.0 Å². The number of benzene rings is 1. The Morgan fingerprint density at radius 1 is 1.18 bits per heavy atom. The number of hydrogen-bond acceptors (Lipinski definition) is 5. The minimum Gasteiger partial charge on any atom is -0.273 e. The van der Waals surface area contributed by atoms with Crippen molar-refractivity contribution in [2.75, 3.05) is 13.1 Å². The SMILES string of the molecule is C/C(=N/NC(=O)[C@H]1CCCN(S(=O)(=O)c2ccc(C)cc2)C1)c1ccc(C)s1. The Morgan fingerprint density at radius 3 is 2.54 bits per heavy atom. The van der Waals surface area contributed by atoms with Crippen LogP contribution in [0.1, 0.15) is 35.1 Å². The average molecular weight is 420 g/mol. The molecule has 1 aliphatic rings. The minimum atomic E-state index is -3.60. The van der Waals surface area contributed by atoms with Crippen LogP contribution in [0.25, 0.3) is 0 Å². The van der Waals surface area contributed by atoms with Crippen LogP contribution in [0.3, 0.4) is 0 Å². The van der Waals surface area contributed by atoms with Crippen LogP contribution in [0.15, 0.2) is 46.4 Å². The zero-order valence-corrected chi connectivity index (χ0v) is 17.9. The van der Waals surface area contributed by atoms with Crippen molar-refractivity contribution < 1.29 is 13.2 Å². The number of amides is 1. The summed E-state index contributed by atoms with van der Waals surface area (Å²) in [5.74, 6) is -0.646. The van der Waals surface area contributed by atoms with E-state index >= 15 is 0 Å². The Bertz CT molecular complexity index is 978. The molecule has 6 nitrogen and oxygen atoms in total. The number of hydrazone groups is 1. The van der Waals surface area contributed by atoms with E-state index in [-0.39, 0.29) is 17.3 Å². The van der Waals surface area contributed by atoms with Gasteiger partial charge in [-0.1, -0.05) is 17.7 Å². The standard InChI is InChI=1S/C20H25N3O3S2/c1-14-6-9-18(10-7-14)28(25,26)23-12-4-5-17(13-23)20(24)22-21-16(3)19-11-8-15(2)27-19/h6-11,17H,4-5,12-13H2,1-3H3,(H,22,24)/b21-16-/t17-/m0/s1. The van der Waals surface area contributed by atoms with Gasteiger partial charge in [0.15, 0.2) is 0 Å². The molecule has 2 heterocycles. The normalized spacial score (nSPS) is 18.8. The van der Waals surface area contributed by atoms with Crippen molar-refractivity contribution in [3.8, 4) is 0 Å². The summed E-state index contributed by atoms with van der Waals surface area (Å²) in [5, 5.41) is 4.20. The molecule has 0 bridgehead atoms. The molecule has 1 aromatic heterocycles. The minimum absolute atomic E-state index is 0.175. The number of nitrogens with one attached hydrogen (secondary N) is 1. The lowest BCUT2D eigenvalue weighted by atomic mass is 9.99. The number of carbonyl (C=O) groups excluding carboxylic acids is 1. The van der Waals surface area contributed by atoms with E-state index in [4.69, 9.17) is 0 Å². The first-order valence-corrected chi connectivity index (χ1v) is 11.5. The summed E-state index contributed by atoms with van der Waals surface area (Å²) in [5.41, 5.74) is 4.36. The third kappa shape index (κ3) is 4.68. The fourth-order valence-corrected chi connectivity index (χ4v) is 5.48. The molecule has 1 atom stereocenters. The number of sulfonamides is 1. The van der Waals surface area contributed by atoms with Gasteiger partial charge in [-0.3, -0.25) is 4.79 Å². The van der Waals surface area contributed by atoms with Gasteiger partial charge in [-0.25, -0.2) is 13.8 Å². The third-order valence-electron chi connectivity index (χ3n) is 4.84. The van der Waals surface area contributed by atoms with Gasteiger partial charge in [-0.15, -0.1) is 11.3 Å². The summed E-state index contributed by atoms with van der Waals surface area (Å²) < 4.78 is 27.2. The van der Waals surface area contributed by atoms with Crippen LogP contribution in [0, 0.1) is 19.8 Å². The molecule has 28 heavy (non-hydrogen) atoms. The molecule has 1 aromatic carbocycles. The van der Waals surface area contributed by atoms with E-state index in [1.807, 2.05) is 32.9 Å². The van der Waals surface area contributed by atoms with Crippen molar-refractivity contribution in [3.05, 3.63) is 51.7 Å². The summed E-state index contributed by atoms with van der Waals surface area (Å²) in [6.07, 6.45) is 1.30. The second kappa shape index (κ2) is 8.55. The van der Waals surface area contributed by atoms with Crippen molar-refractivity contribution in [1.29, 1.82) is 0 Å². The molecule has 0 saturated carbocycles. The Hall–Kier alpha value is -2.03. The summed E-state index contributed by atoms with van der Waals surface area (Å²) >= 11 is 1.62. The molecule has 8 heteroatoms. The van der Waals surface area contributed by atoms with Crippen molar-refractivity contribution in [1.82, 2.24) is 9.73 Å². The molecule has 2 aromatic rings. The lowest BCUT2D eigenvalue weighted by Crippen LogP contribution is -2.44. The fraction of sp³-hybridized carbons (Fsp3) is 0.400. The van der Waals surface area contributed by atoms with Crippen molar-refractivity contribution >= 4 is 33.0 Å². The van der Waals surface area contributed by atoms with Crippen LogP contribution < -0.4 is 5.43 Å². The molecule has 0 unspecified atom stereocenters. The third-order valence-corrected chi connectivity index (χ3v) is 7.83. The van der Waals surface area contributed by atoms with Crippen LogP contribution >= 0.6 is 11.3 Å². The van der Waals surface area contributed by atoms with Gasteiger partial charge < -0.3 is 0 Å². The van der Waals surface area contributed by atoms with Gasteiger partial charge in [-0.2, -0.15) is 9.41 Å². The van der Waals surface area contributed by atoms with E-state index in [9.17, 15) is 13.2 Å². The van der Waals surface area contributed by atoms with Gasteiger partial charge in [0.1, 0.15) is 0 Å². The zero-order chi connectivity index (χ0) is 20.3. The monoisotopic (exact) mass is 419 g/mol. The number of piperidine rings is 1. The van der Waals surface area contributed by atoms with E-state index < -0.39 is 15.9 Å². The van der Waals surface area contributed by atoms with E-state index in [1.165, 1.54) is 9.18 Å². The maximum atomic E-state index is 12.9. The molecule has 1 fully saturated rings. The molecule has 150 valence electrons.